The van der Waals surface area contributed by atoms with E-state index in [0.717, 1.165) is 50.9 Å². The zero-order valence-corrected chi connectivity index (χ0v) is 41.7. The van der Waals surface area contributed by atoms with Gasteiger partial charge >= 0.3 is 0 Å². The number of aliphatic hydroxyl groups is 1. The van der Waals surface area contributed by atoms with Crippen LogP contribution in [0.2, 0.25) is 0 Å². The molecule has 0 aliphatic carbocycles. The Morgan fingerprint density at radius 1 is 0.466 bits per heavy atom. The third-order valence-electron chi connectivity index (χ3n) is 12.1. The molecule has 1 unspecified atom stereocenters. The molecule has 1 amide bonds. The van der Waals surface area contributed by atoms with Crippen molar-refractivity contribution in [3.8, 4) is 0 Å². The number of amides is 1. The van der Waals surface area contributed by atoms with Crippen LogP contribution in [-0.4, -0.2) is 89.9 Å². The Morgan fingerprint density at radius 2 is 0.810 bits per heavy atom. The van der Waals surface area contributed by atoms with Crippen LogP contribution in [-0.2, 0) is 4.79 Å². The molecular weight excluding hydrogens is 753 g/mol. The number of nitrogens with zero attached hydrogens (tertiary/aromatic N) is 2. The van der Waals surface area contributed by atoms with Gasteiger partial charge in [-0.2, -0.15) is 0 Å². The SMILES string of the molecule is CCN(CCCCCCCCCCCCCCCC(=O)NCCCCSSCCCCNC(O)CCCCCCCCCCCCCCCN(CC)C(C)C)C(C)C. The van der Waals surface area contributed by atoms with Crippen LogP contribution in [0.15, 0.2) is 0 Å². The van der Waals surface area contributed by atoms with Gasteiger partial charge < -0.3 is 20.2 Å². The minimum absolute atomic E-state index is 0.243. The van der Waals surface area contributed by atoms with E-state index in [1.807, 2.05) is 21.6 Å². The molecule has 0 aliphatic heterocycles. The molecule has 0 heterocycles. The molecule has 0 radical (unpaired) electrons. The number of nitrogens with one attached hydrogen (secondary N) is 2. The number of hydrogen-bond donors (Lipinski definition) is 3. The predicted molar refractivity (Wildman–Crippen MR) is 264 cm³/mol. The molecule has 0 spiro atoms. The van der Waals surface area contributed by atoms with Crippen molar-refractivity contribution in [1.29, 1.82) is 0 Å². The summed E-state index contributed by atoms with van der Waals surface area (Å²) < 4.78 is 0. The molecule has 0 fully saturated rings. The van der Waals surface area contributed by atoms with E-state index in [1.54, 1.807) is 0 Å². The van der Waals surface area contributed by atoms with Crippen LogP contribution in [0, 0.1) is 0 Å². The molecule has 0 aromatic carbocycles. The Bertz CT molecular complexity index is 820. The summed E-state index contributed by atoms with van der Waals surface area (Å²) in [4.78, 5) is 17.3. The van der Waals surface area contributed by atoms with Gasteiger partial charge in [0.15, 0.2) is 0 Å². The highest BCUT2D eigenvalue weighted by Gasteiger charge is 2.07. The van der Waals surface area contributed by atoms with E-state index in [0.29, 0.717) is 18.5 Å². The van der Waals surface area contributed by atoms with E-state index in [2.05, 4.69) is 62.0 Å². The van der Waals surface area contributed by atoms with E-state index in [-0.39, 0.29) is 12.1 Å². The van der Waals surface area contributed by atoms with Crippen molar-refractivity contribution in [2.45, 2.75) is 265 Å². The third-order valence-corrected chi connectivity index (χ3v) is 14.7. The summed E-state index contributed by atoms with van der Waals surface area (Å²) in [5, 5.41) is 16.7. The molecule has 0 rings (SSSR count). The smallest absolute Gasteiger partial charge is 0.219 e. The van der Waals surface area contributed by atoms with Crippen LogP contribution < -0.4 is 10.6 Å². The molecule has 8 heteroatoms. The van der Waals surface area contributed by atoms with Crippen LogP contribution in [0.4, 0.5) is 0 Å². The fourth-order valence-corrected chi connectivity index (χ4v) is 10.4. The highest BCUT2D eigenvalue weighted by molar-refractivity contribution is 8.76. The average molecular weight is 858 g/mol. The summed E-state index contributed by atoms with van der Waals surface area (Å²) in [6.07, 6.45) is 40.9. The molecule has 6 nitrogen and oxygen atoms in total. The van der Waals surface area contributed by atoms with Gasteiger partial charge in [-0.1, -0.05) is 177 Å². The summed E-state index contributed by atoms with van der Waals surface area (Å²) >= 11 is 0. The number of unbranched alkanes of at least 4 members (excludes halogenated alkanes) is 26. The topological polar surface area (TPSA) is 67.8 Å². The first-order valence-corrected chi connectivity index (χ1v) is 28.2. The minimum atomic E-state index is -0.338. The molecule has 0 saturated heterocycles. The quantitative estimate of drug-likeness (QED) is 0.0320. The standard InChI is InChI=1S/C50H104N4O2S2/c1-7-53(47(3)4)43-35-29-25-21-17-13-9-11-15-19-23-27-31-39-49(55)51-41-33-37-45-57-58-46-38-34-42-52-50(56)40-32-28-24-20-16-12-10-14-18-22-26-30-36-44-54(8-2)48(5)6/h47-49,51,55H,7-46H2,1-6H3,(H,52,56). The Morgan fingerprint density at radius 3 is 1.19 bits per heavy atom. The van der Waals surface area contributed by atoms with Gasteiger partial charge in [0.25, 0.3) is 0 Å². The highest BCUT2D eigenvalue weighted by Crippen LogP contribution is 2.23. The van der Waals surface area contributed by atoms with Gasteiger partial charge in [-0.25, -0.2) is 0 Å². The first-order chi connectivity index (χ1) is 28.3. The first-order valence-electron chi connectivity index (χ1n) is 25.7. The van der Waals surface area contributed by atoms with Crippen molar-refractivity contribution in [3.05, 3.63) is 0 Å². The number of aliphatic hydroxyl groups excluding tert-OH is 1. The second kappa shape index (κ2) is 46.5. The largest absolute Gasteiger partial charge is 0.379 e. The highest BCUT2D eigenvalue weighted by atomic mass is 33.1. The predicted octanol–water partition coefficient (Wildman–Crippen LogP) is 14.3. The van der Waals surface area contributed by atoms with E-state index in [9.17, 15) is 9.90 Å². The minimum Gasteiger partial charge on any atom is -0.379 e. The molecule has 348 valence electrons. The van der Waals surface area contributed by atoms with Gasteiger partial charge in [0.2, 0.25) is 5.91 Å². The molecule has 0 bridgehead atoms. The molecule has 0 aromatic heterocycles. The lowest BCUT2D eigenvalue weighted by Crippen LogP contribution is -2.31. The van der Waals surface area contributed by atoms with Crippen LogP contribution in [0.5, 0.6) is 0 Å². The van der Waals surface area contributed by atoms with Gasteiger partial charge in [0, 0.05) is 36.6 Å². The monoisotopic (exact) mass is 857 g/mol. The molecule has 0 aliphatic rings. The maximum Gasteiger partial charge on any atom is 0.219 e. The van der Waals surface area contributed by atoms with Crippen molar-refractivity contribution in [2.75, 3.05) is 50.8 Å². The van der Waals surface area contributed by atoms with Crippen LogP contribution in [0.1, 0.15) is 247 Å². The van der Waals surface area contributed by atoms with Crippen molar-refractivity contribution in [1.82, 2.24) is 20.4 Å². The van der Waals surface area contributed by atoms with E-state index >= 15 is 0 Å². The van der Waals surface area contributed by atoms with Gasteiger partial charge in [0.1, 0.15) is 6.23 Å². The molecule has 3 N–H and O–H groups in total. The molecule has 0 aromatic rings. The van der Waals surface area contributed by atoms with Crippen molar-refractivity contribution in [3.63, 3.8) is 0 Å². The number of rotatable bonds is 48. The van der Waals surface area contributed by atoms with Crippen LogP contribution >= 0.6 is 21.6 Å². The van der Waals surface area contributed by atoms with Crippen molar-refractivity contribution in [2.24, 2.45) is 0 Å². The van der Waals surface area contributed by atoms with Crippen molar-refractivity contribution >= 4 is 27.5 Å². The van der Waals surface area contributed by atoms with Gasteiger partial charge in [0.05, 0.1) is 0 Å². The lowest BCUT2D eigenvalue weighted by Gasteiger charge is -2.24. The van der Waals surface area contributed by atoms with E-state index in [4.69, 9.17) is 0 Å². The average Bonchev–Trinajstić information content (AvgIpc) is 3.20. The molecule has 0 saturated carbocycles. The third kappa shape index (κ3) is 42.7. The van der Waals surface area contributed by atoms with Gasteiger partial charge in [-0.3, -0.25) is 10.1 Å². The Hall–Kier alpha value is 0.01000. The lowest BCUT2D eigenvalue weighted by molar-refractivity contribution is -0.121. The fraction of sp³-hybridized carbons (Fsp3) is 0.980. The number of hydrogen-bond acceptors (Lipinski definition) is 7. The summed E-state index contributed by atoms with van der Waals surface area (Å²) in [5.41, 5.74) is 0. The summed E-state index contributed by atoms with van der Waals surface area (Å²) in [6, 6.07) is 1.37. The Labute approximate surface area is 372 Å². The first kappa shape index (κ1) is 58.0. The summed E-state index contributed by atoms with van der Waals surface area (Å²) in [6.45, 7) is 20.4. The maximum atomic E-state index is 12.2. The van der Waals surface area contributed by atoms with E-state index in [1.165, 1.54) is 199 Å². The van der Waals surface area contributed by atoms with Gasteiger partial charge in [-0.05, 0) is 118 Å². The Balaban J connectivity index is 3.28. The molecule has 58 heavy (non-hydrogen) atoms. The number of carbonyl (C=O) groups excluding carboxylic acids is 1. The molecular formula is C50H104N4O2S2. The molecule has 1 atom stereocenters. The van der Waals surface area contributed by atoms with E-state index < -0.39 is 0 Å². The number of carbonyl (C=O) groups is 1. The van der Waals surface area contributed by atoms with Crippen molar-refractivity contribution < 1.29 is 9.90 Å². The second-order valence-corrected chi connectivity index (χ2v) is 20.8. The summed E-state index contributed by atoms with van der Waals surface area (Å²) in [7, 11) is 3.95. The van der Waals surface area contributed by atoms with Crippen LogP contribution in [0.3, 0.4) is 0 Å². The normalized spacial score (nSPS) is 12.5. The lowest BCUT2D eigenvalue weighted by atomic mass is 10.0. The zero-order chi connectivity index (χ0) is 42.6. The van der Waals surface area contributed by atoms with Crippen LogP contribution in [0.25, 0.3) is 0 Å². The Kier molecular flexibility index (Phi) is 46.5. The second-order valence-electron chi connectivity index (χ2n) is 18.1. The van der Waals surface area contributed by atoms with Gasteiger partial charge in [-0.15, -0.1) is 0 Å². The summed E-state index contributed by atoms with van der Waals surface area (Å²) in [5.74, 6) is 2.58. The maximum absolute atomic E-state index is 12.2. The zero-order valence-electron chi connectivity index (χ0n) is 40.1. The fourth-order valence-electron chi connectivity index (χ4n) is 8.08.